The molecule has 6 nitrogen and oxygen atoms in total. The van der Waals surface area contributed by atoms with Gasteiger partial charge in [-0.25, -0.2) is 0 Å². The molecule has 0 aromatic heterocycles. The minimum atomic E-state index is -0.0945. The monoisotopic (exact) mass is 307 g/mol. The molecule has 0 spiro atoms. The van der Waals surface area contributed by atoms with Crippen LogP contribution in [-0.4, -0.2) is 63.8 Å². The number of nitrogens with one attached hydrogen (secondary N) is 2. The van der Waals surface area contributed by atoms with Crippen LogP contribution < -0.4 is 20.1 Å². The van der Waals surface area contributed by atoms with Gasteiger partial charge in [0.25, 0.3) is 5.91 Å². The van der Waals surface area contributed by atoms with Crippen molar-refractivity contribution in [2.75, 3.05) is 46.9 Å². The predicted molar refractivity (Wildman–Crippen MR) is 85.8 cm³/mol. The van der Waals surface area contributed by atoms with Crippen LogP contribution in [0.4, 0.5) is 0 Å². The van der Waals surface area contributed by atoms with Crippen molar-refractivity contribution < 1.29 is 14.3 Å². The van der Waals surface area contributed by atoms with Gasteiger partial charge in [0, 0.05) is 44.3 Å². The van der Waals surface area contributed by atoms with Crippen LogP contribution in [0.25, 0.3) is 0 Å². The van der Waals surface area contributed by atoms with Crippen LogP contribution in [0.2, 0.25) is 0 Å². The van der Waals surface area contributed by atoms with E-state index < -0.39 is 0 Å². The van der Waals surface area contributed by atoms with Crippen molar-refractivity contribution in [3.05, 3.63) is 23.8 Å². The van der Waals surface area contributed by atoms with Crippen LogP contribution in [0.1, 0.15) is 17.3 Å². The summed E-state index contributed by atoms with van der Waals surface area (Å²) in [5.74, 6) is 1.08. The maximum atomic E-state index is 12.3. The average Bonchev–Trinajstić information content (AvgIpc) is 2.59. The van der Waals surface area contributed by atoms with Crippen LogP contribution in [0.5, 0.6) is 11.5 Å². The van der Waals surface area contributed by atoms with E-state index in [9.17, 15) is 4.79 Å². The van der Waals surface area contributed by atoms with Gasteiger partial charge < -0.3 is 20.1 Å². The normalized spacial score (nSPS) is 16.9. The molecular formula is C16H25N3O3. The van der Waals surface area contributed by atoms with E-state index in [2.05, 4.69) is 22.5 Å². The number of ether oxygens (including phenoxy) is 2. The molecule has 1 fully saturated rings. The summed E-state index contributed by atoms with van der Waals surface area (Å²) in [4.78, 5) is 14.6. The Bertz CT molecular complexity index is 501. The van der Waals surface area contributed by atoms with Crippen molar-refractivity contribution >= 4 is 5.91 Å². The summed E-state index contributed by atoms with van der Waals surface area (Å²) in [6.45, 7) is 6.83. The highest BCUT2D eigenvalue weighted by Crippen LogP contribution is 2.27. The molecule has 2 N–H and O–H groups in total. The molecule has 0 bridgehead atoms. The van der Waals surface area contributed by atoms with E-state index in [1.54, 1.807) is 32.4 Å². The number of methoxy groups -OCH3 is 2. The first-order chi connectivity index (χ1) is 10.7. The minimum Gasteiger partial charge on any atom is -0.493 e. The second-order valence-electron chi connectivity index (χ2n) is 5.41. The quantitative estimate of drug-likeness (QED) is 0.811. The molecule has 6 heteroatoms. The Kier molecular flexibility index (Phi) is 6.03. The largest absolute Gasteiger partial charge is 0.493 e. The van der Waals surface area contributed by atoms with E-state index in [0.29, 0.717) is 29.6 Å². The number of carbonyl (C=O) groups is 1. The topological polar surface area (TPSA) is 62.8 Å². The zero-order valence-electron chi connectivity index (χ0n) is 13.5. The molecule has 1 saturated heterocycles. The van der Waals surface area contributed by atoms with E-state index in [0.717, 1.165) is 26.2 Å². The molecule has 0 radical (unpaired) electrons. The molecule has 1 unspecified atom stereocenters. The lowest BCUT2D eigenvalue weighted by Gasteiger charge is -2.32. The number of hydrogen-bond donors (Lipinski definition) is 2. The summed E-state index contributed by atoms with van der Waals surface area (Å²) in [6, 6.07) is 5.51. The van der Waals surface area contributed by atoms with Crippen molar-refractivity contribution in [2.24, 2.45) is 0 Å². The van der Waals surface area contributed by atoms with Crippen LogP contribution in [0.15, 0.2) is 18.2 Å². The number of rotatable bonds is 6. The minimum absolute atomic E-state index is 0.0945. The third-order valence-corrected chi connectivity index (χ3v) is 3.98. The zero-order chi connectivity index (χ0) is 15.9. The van der Waals surface area contributed by atoms with Gasteiger partial charge in [0.1, 0.15) is 0 Å². The van der Waals surface area contributed by atoms with Gasteiger partial charge in [-0.15, -0.1) is 0 Å². The fourth-order valence-corrected chi connectivity index (χ4v) is 2.57. The molecule has 122 valence electrons. The van der Waals surface area contributed by atoms with Gasteiger partial charge in [0.2, 0.25) is 0 Å². The smallest absolute Gasteiger partial charge is 0.251 e. The van der Waals surface area contributed by atoms with Gasteiger partial charge in [0.15, 0.2) is 11.5 Å². The van der Waals surface area contributed by atoms with E-state index in [4.69, 9.17) is 9.47 Å². The second kappa shape index (κ2) is 8.00. The van der Waals surface area contributed by atoms with Crippen molar-refractivity contribution in [1.82, 2.24) is 15.5 Å². The third-order valence-electron chi connectivity index (χ3n) is 3.98. The first-order valence-electron chi connectivity index (χ1n) is 7.60. The maximum absolute atomic E-state index is 12.3. The lowest BCUT2D eigenvalue weighted by molar-refractivity contribution is 0.0932. The molecule has 0 aliphatic carbocycles. The first kappa shape index (κ1) is 16.6. The van der Waals surface area contributed by atoms with Gasteiger partial charge >= 0.3 is 0 Å². The average molecular weight is 307 g/mol. The first-order valence-corrected chi connectivity index (χ1v) is 7.60. The van der Waals surface area contributed by atoms with Crippen LogP contribution in [0.3, 0.4) is 0 Å². The van der Waals surface area contributed by atoms with Crippen LogP contribution in [0, 0.1) is 0 Å². The van der Waals surface area contributed by atoms with Crippen molar-refractivity contribution in [3.8, 4) is 11.5 Å². The Labute approximate surface area is 131 Å². The van der Waals surface area contributed by atoms with Crippen molar-refractivity contribution in [1.29, 1.82) is 0 Å². The van der Waals surface area contributed by atoms with Gasteiger partial charge in [-0.05, 0) is 25.1 Å². The number of nitrogens with zero attached hydrogens (tertiary/aromatic N) is 1. The lowest BCUT2D eigenvalue weighted by Crippen LogP contribution is -2.50. The number of carbonyl (C=O) groups excluding carboxylic acids is 1. The van der Waals surface area contributed by atoms with E-state index in [1.807, 2.05) is 0 Å². The summed E-state index contributed by atoms with van der Waals surface area (Å²) in [6.07, 6.45) is 0. The fraction of sp³-hybridized carbons (Fsp3) is 0.562. The number of hydrogen-bond acceptors (Lipinski definition) is 5. The maximum Gasteiger partial charge on any atom is 0.251 e. The highest BCUT2D eigenvalue weighted by Gasteiger charge is 2.17. The highest BCUT2D eigenvalue weighted by molar-refractivity contribution is 5.94. The molecule has 1 aliphatic rings. The number of benzene rings is 1. The Morgan fingerprint density at radius 1 is 1.27 bits per heavy atom. The summed E-state index contributed by atoms with van der Waals surface area (Å²) in [5, 5.41) is 6.32. The van der Waals surface area contributed by atoms with E-state index >= 15 is 0 Å². The van der Waals surface area contributed by atoms with Gasteiger partial charge in [0.05, 0.1) is 14.2 Å². The van der Waals surface area contributed by atoms with Gasteiger partial charge in [-0.2, -0.15) is 0 Å². The summed E-state index contributed by atoms with van der Waals surface area (Å²) in [5.41, 5.74) is 0.574. The molecule has 1 atom stereocenters. The predicted octanol–water partition coefficient (Wildman–Crippen LogP) is 0.727. The Hall–Kier alpha value is -1.79. The summed E-state index contributed by atoms with van der Waals surface area (Å²) >= 11 is 0. The number of amides is 1. The van der Waals surface area contributed by atoms with Gasteiger partial charge in [-0.1, -0.05) is 0 Å². The fourth-order valence-electron chi connectivity index (χ4n) is 2.57. The molecule has 1 heterocycles. The third kappa shape index (κ3) is 4.11. The Balaban J connectivity index is 1.91. The van der Waals surface area contributed by atoms with Crippen molar-refractivity contribution in [2.45, 2.75) is 13.0 Å². The van der Waals surface area contributed by atoms with E-state index in [-0.39, 0.29) is 5.91 Å². The number of piperazine rings is 1. The van der Waals surface area contributed by atoms with Crippen LogP contribution >= 0.6 is 0 Å². The summed E-state index contributed by atoms with van der Waals surface area (Å²) in [7, 11) is 3.14. The molecule has 1 amide bonds. The standard InChI is InChI=1S/C16H25N3O3/c1-12(19-8-6-17-7-9-19)11-18-16(20)13-4-5-14(21-2)15(10-13)22-3/h4-5,10,12,17H,6-9,11H2,1-3H3,(H,18,20). The second-order valence-corrected chi connectivity index (χ2v) is 5.41. The van der Waals surface area contributed by atoms with Crippen LogP contribution in [-0.2, 0) is 0 Å². The molecular weight excluding hydrogens is 282 g/mol. The highest BCUT2D eigenvalue weighted by atomic mass is 16.5. The zero-order valence-corrected chi connectivity index (χ0v) is 13.5. The summed E-state index contributed by atoms with van der Waals surface area (Å²) < 4.78 is 10.4. The molecule has 1 aromatic rings. The molecule has 2 rings (SSSR count). The molecule has 1 aromatic carbocycles. The lowest BCUT2D eigenvalue weighted by atomic mass is 10.1. The molecule has 1 aliphatic heterocycles. The Morgan fingerprint density at radius 3 is 2.59 bits per heavy atom. The SMILES string of the molecule is COc1ccc(C(=O)NCC(C)N2CCNCC2)cc1OC. The van der Waals surface area contributed by atoms with Crippen molar-refractivity contribution in [3.63, 3.8) is 0 Å². The Morgan fingerprint density at radius 2 is 1.95 bits per heavy atom. The molecule has 0 saturated carbocycles. The molecule has 22 heavy (non-hydrogen) atoms. The van der Waals surface area contributed by atoms with E-state index in [1.165, 1.54) is 0 Å². The van der Waals surface area contributed by atoms with Gasteiger partial charge in [-0.3, -0.25) is 9.69 Å².